The number of aliphatic imine (C=N–C) groups is 2. The van der Waals surface area contributed by atoms with Crippen molar-refractivity contribution < 1.29 is 4.79 Å². The minimum Gasteiger partial charge on any atom is -0.312 e. The van der Waals surface area contributed by atoms with E-state index in [2.05, 4.69) is 15.0 Å². The Hall–Kier alpha value is -2.82. The Balaban J connectivity index is 1.69. The van der Waals surface area contributed by atoms with Crippen LogP contribution in [0.3, 0.4) is 0 Å². The fraction of sp³-hybridized carbons (Fsp3) is 0.176. The van der Waals surface area contributed by atoms with Gasteiger partial charge >= 0.3 is 0 Å². The standard InChI is InChI=1S/C17H14N4O/c22-15(14-7-3-4-8-18-14)11-16-20-13-6-2-1-5-12(13)17-19-9-10-21(16)17/h1-8H,9-11H2. The molecule has 108 valence electrons. The normalized spacial score (nSPS) is 15.7. The van der Waals surface area contributed by atoms with Gasteiger partial charge < -0.3 is 4.90 Å². The molecule has 0 aliphatic carbocycles. The average Bonchev–Trinajstić information content (AvgIpc) is 3.06. The summed E-state index contributed by atoms with van der Waals surface area (Å²) in [5.41, 5.74) is 2.39. The molecule has 1 aromatic heterocycles. The number of benzene rings is 1. The van der Waals surface area contributed by atoms with Crippen molar-refractivity contribution in [3.8, 4) is 0 Å². The van der Waals surface area contributed by atoms with Crippen molar-refractivity contribution in [3.05, 3.63) is 59.9 Å². The van der Waals surface area contributed by atoms with Crippen LogP contribution >= 0.6 is 0 Å². The number of amidine groups is 2. The van der Waals surface area contributed by atoms with Crippen LogP contribution in [-0.4, -0.2) is 40.4 Å². The Bertz CT molecular complexity index is 795. The average molecular weight is 290 g/mol. The number of hydrogen-bond acceptors (Lipinski definition) is 5. The molecule has 5 heteroatoms. The number of pyridine rings is 1. The molecule has 2 aromatic rings. The second-order valence-electron chi connectivity index (χ2n) is 5.22. The zero-order chi connectivity index (χ0) is 14.9. The zero-order valence-corrected chi connectivity index (χ0v) is 11.9. The number of ketones is 1. The van der Waals surface area contributed by atoms with E-state index in [0.29, 0.717) is 5.69 Å². The maximum atomic E-state index is 12.4. The van der Waals surface area contributed by atoms with E-state index in [1.165, 1.54) is 0 Å². The summed E-state index contributed by atoms with van der Waals surface area (Å²) < 4.78 is 0. The van der Waals surface area contributed by atoms with Crippen molar-refractivity contribution in [2.24, 2.45) is 9.98 Å². The summed E-state index contributed by atoms with van der Waals surface area (Å²) in [5, 5.41) is 0. The van der Waals surface area contributed by atoms with E-state index in [1.54, 1.807) is 18.3 Å². The van der Waals surface area contributed by atoms with Crippen LogP contribution in [0.25, 0.3) is 0 Å². The Morgan fingerprint density at radius 1 is 1.14 bits per heavy atom. The topological polar surface area (TPSA) is 57.9 Å². The van der Waals surface area contributed by atoms with E-state index in [4.69, 9.17) is 0 Å². The molecule has 1 aromatic carbocycles. The SMILES string of the molecule is O=C(CC1=Nc2ccccc2C2=NCCN12)c1ccccn1. The fourth-order valence-electron chi connectivity index (χ4n) is 2.79. The minimum absolute atomic E-state index is 0.0232. The van der Waals surface area contributed by atoms with Crippen molar-refractivity contribution in [2.45, 2.75) is 6.42 Å². The summed E-state index contributed by atoms with van der Waals surface area (Å²) in [6.45, 7) is 1.51. The van der Waals surface area contributed by atoms with Gasteiger partial charge in [0.15, 0.2) is 5.78 Å². The number of para-hydroxylation sites is 1. The molecule has 0 spiro atoms. The maximum absolute atomic E-state index is 12.4. The highest BCUT2D eigenvalue weighted by atomic mass is 16.1. The highest BCUT2D eigenvalue weighted by Gasteiger charge is 2.30. The van der Waals surface area contributed by atoms with E-state index < -0.39 is 0 Å². The molecular weight excluding hydrogens is 276 g/mol. The van der Waals surface area contributed by atoms with Crippen LogP contribution in [0.15, 0.2) is 58.6 Å². The van der Waals surface area contributed by atoms with Crippen LogP contribution in [0.2, 0.25) is 0 Å². The van der Waals surface area contributed by atoms with Gasteiger partial charge in [-0.3, -0.25) is 14.8 Å². The van der Waals surface area contributed by atoms with E-state index in [1.807, 2.05) is 35.2 Å². The number of nitrogens with zero attached hydrogens (tertiary/aromatic N) is 4. The van der Waals surface area contributed by atoms with Crippen molar-refractivity contribution in [3.63, 3.8) is 0 Å². The molecule has 0 radical (unpaired) electrons. The number of fused-ring (bicyclic) bond motifs is 3. The molecule has 2 aliphatic rings. The van der Waals surface area contributed by atoms with Gasteiger partial charge in [-0.1, -0.05) is 18.2 Å². The Morgan fingerprint density at radius 3 is 2.86 bits per heavy atom. The van der Waals surface area contributed by atoms with Gasteiger partial charge in [0.1, 0.15) is 17.4 Å². The number of hydrogen-bond donors (Lipinski definition) is 0. The molecule has 0 bridgehead atoms. The molecule has 2 aliphatic heterocycles. The summed E-state index contributed by atoms with van der Waals surface area (Å²) >= 11 is 0. The molecule has 0 amide bonds. The predicted octanol–water partition coefficient (Wildman–Crippen LogP) is 2.46. The monoisotopic (exact) mass is 290 g/mol. The Kier molecular flexibility index (Phi) is 3.04. The third-order valence-corrected chi connectivity index (χ3v) is 3.82. The van der Waals surface area contributed by atoms with Gasteiger partial charge in [0, 0.05) is 18.3 Å². The van der Waals surface area contributed by atoms with Crippen LogP contribution < -0.4 is 0 Å². The van der Waals surface area contributed by atoms with E-state index >= 15 is 0 Å². The summed E-state index contributed by atoms with van der Waals surface area (Å²) in [6.07, 6.45) is 1.87. The molecule has 0 N–H and O–H groups in total. The van der Waals surface area contributed by atoms with E-state index in [-0.39, 0.29) is 12.2 Å². The lowest BCUT2D eigenvalue weighted by Gasteiger charge is -2.27. The number of carbonyl (C=O) groups excluding carboxylic acids is 1. The van der Waals surface area contributed by atoms with E-state index in [9.17, 15) is 4.79 Å². The summed E-state index contributed by atoms with van der Waals surface area (Å²) in [7, 11) is 0. The number of Topliss-reactive ketones (excluding diaryl/α,β-unsaturated/α-hetero) is 1. The summed E-state index contributed by atoms with van der Waals surface area (Å²) in [6, 6.07) is 13.3. The Labute approximate surface area is 128 Å². The summed E-state index contributed by atoms with van der Waals surface area (Å²) in [4.78, 5) is 27.8. The second kappa shape index (κ2) is 5.18. The molecule has 4 rings (SSSR count). The molecule has 0 saturated heterocycles. The van der Waals surface area contributed by atoms with Crippen LogP contribution in [-0.2, 0) is 0 Å². The first-order valence-corrected chi connectivity index (χ1v) is 7.26. The van der Waals surface area contributed by atoms with Crippen LogP contribution in [0.4, 0.5) is 5.69 Å². The van der Waals surface area contributed by atoms with Crippen LogP contribution in [0.1, 0.15) is 22.5 Å². The van der Waals surface area contributed by atoms with Crippen molar-refractivity contribution in [1.29, 1.82) is 0 Å². The van der Waals surface area contributed by atoms with Crippen LogP contribution in [0.5, 0.6) is 0 Å². The minimum atomic E-state index is -0.0232. The molecule has 0 unspecified atom stereocenters. The smallest absolute Gasteiger partial charge is 0.188 e. The molecule has 22 heavy (non-hydrogen) atoms. The molecule has 5 nitrogen and oxygen atoms in total. The van der Waals surface area contributed by atoms with Crippen LogP contribution in [0, 0.1) is 0 Å². The predicted molar refractivity (Wildman–Crippen MR) is 84.8 cm³/mol. The molecule has 0 fully saturated rings. The fourth-order valence-corrected chi connectivity index (χ4v) is 2.79. The molecule has 0 atom stereocenters. The largest absolute Gasteiger partial charge is 0.312 e. The Morgan fingerprint density at radius 2 is 2.00 bits per heavy atom. The first-order valence-electron chi connectivity index (χ1n) is 7.26. The van der Waals surface area contributed by atoms with Gasteiger partial charge in [-0.15, -0.1) is 0 Å². The highest BCUT2D eigenvalue weighted by Crippen LogP contribution is 2.29. The van der Waals surface area contributed by atoms with Crippen molar-refractivity contribution in [1.82, 2.24) is 9.88 Å². The third-order valence-electron chi connectivity index (χ3n) is 3.82. The lowest BCUT2D eigenvalue weighted by atomic mass is 10.1. The number of carbonyl (C=O) groups is 1. The van der Waals surface area contributed by atoms with Gasteiger partial charge in [-0.05, 0) is 24.3 Å². The van der Waals surface area contributed by atoms with Gasteiger partial charge in [0.25, 0.3) is 0 Å². The first-order chi connectivity index (χ1) is 10.8. The lowest BCUT2D eigenvalue weighted by molar-refractivity contribution is 0.0994. The quantitative estimate of drug-likeness (QED) is 0.816. The van der Waals surface area contributed by atoms with Gasteiger partial charge in [-0.25, -0.2) is 4.99 Å². The van der Waals surface area contributed by atoms with Gasteiger partial charge in [0.2, 0.25) is 0 Å². The van der Waals surface area contributed by atoms with E-state index in [0.717, 1.165) is 36.0 Å². The molecule has 3 heterocycles. The van der Waals surface area contributed by atoms with Crippen molar-refractivity contribution >= 4 is 23.1 Å². The highest BCUT2D eigenvalue weighted by molar-refractivity contribution is 6.20. The maximum Gasteiger partial charge on any atom is 0.188 e. The third kappa shape index (κ3) is 2.11. The van der Waals surface area contributed by atoms with Crippen molar-refractivity contribution in [2.75, 3.05) is 13.1 Å². The molecule has 0 saturated carbocycles. The van der Waals surface area contributed by atoms with Gasteiger partial charge in [-0.2, -0.15) is 0 Å². The van der Waals surface area contributed by atoms with Gasteiger partial charge in [0.05, 0.1) is 18.7 Å². The second-order valence-corrected chi connectivity index (χ2v) is 5.22. The number of rotatable bonds is 3. The number of aromatic nitrogens is 1. The first kappa shape index (κ1) is 12.9. The molecular formula is C17H14N4O. The lowest BCUT2D eigenvalue weighted by Crippen LogP contribution is -2.38. The zero-order valence-electron chi connectivity index (χ0n) is 11.9. The summed E-state index contributed by atoms with van der Waals surface area (Å²) in [5.74, 6) is 1.66.